The van der Waals surface area contributed by atoms with Gasteiger partial charge in [0.25, 0.3) is 11.8 Å². The van der Waals surface area contributed by atoms with Crippen LogP contribution in [-0.4, -0.2) is 47.4 Å². The monoisotopic (exact) mass is 348 g/mol. The molecule has 136 valence electrons. The number of piperidine rings is 1. The molecule has 0 saturated carbocycles. The van der Waals surface area contributed by atoms with E-state index in [1.54, 1.807) is 13.0 Å². The van der Waals surface area contributed by atoms with E-state index in [1.807, 2.05) is 6.07 Å². The second-order valence-electron chi connectivity index (χ2n) is 6.23. The zero-order chi connectivity index (χ0) is 17.6. The third-order valence-corrected chi connectivity index (χ3v) is 4.44. The minimum absolute atomic E-state index is 0.188. The number of likely N-dealkylation sites (tertiary alicyclic amines) is 1. The number of aromatic nitrogens is 2. The van der Waals surface area contributed by atoms with Gasteiger partial charge in [-0.05, 0) is 57.1 Å². The van der Waals surface area contributed by atoms with Gasteiger partial charge in [-0.3, -0.25) is 9.69 Å². The lowest BCUT2D eigenvalue weighted by Crippen LogP contribution is -2.32. The molecular weight excluding hydrogens is 324 g/mol. The summed E-state index contributed by atoms with van der Waals surface area (Å²) in [7, 11) is 0. The fourth-order valence-corrected chi connectivity index (χ4v) is 2.94. The Morgan fingerprint density at radius 3 is 2.84 bits per heavy atom. The summed E-state index contributed by atoms with van der Waals surface area (Å²) in [6.07, 6.45) is 3.73. The van der Waals surface area contributed by atoms with E-state index >= 15 is 0 Å². The number of amides is 1. The average Bonchev–Trinajstić information content (AvgIpc) is 3.28. The fourth-order valence-electron chi connectivity index (χ4n) is 2.94. The number of hydrogen-bond acceptors (Lipinski definition) is 7. The predicted molar refractivity (Wildman–Crippen MR) is 89.4 cm³/mol. The van der Waals surface area contributed by atoms with Gasteiger partial charge in [-0.25, -0.2) is 4.63 Å². The van der Waals surface area contributed by atoms with E-state index in [9.17, 15) is 4.79 Å². The van der Waals surface area contributed by atoms with Crippen LogP contribution in [0, 0.1) is 6.92 Å². The molecule has 2 aromatic rings. The van der Waals surface area contributed by atoms with Crippen LogP contribution in [0.2, 0.25) is 0 Å². The molecule has 8 heteroatoms. The van der Waals surface area contributed by atoms with Crippen LogP contribution in [0.1, 0.15) is 54.2 Å². The molecule has 1 N–H and O–H groups in total. The number of carbonyl (C=O) groups excluding carboxylic acids is 1. The molecule has 0 spiro atoms. The molecule has 0 radical (unpaired) electrons. The van der Waals surface area contributed by atoms with Crippen LogP contribution in [0.15, 0.2) is 21.2 Å². The molecule has 1 aliphatic heterocycles. The maximum atomic E-state index is 12.2. The maximum Gasteiger partial charge on any atom is 0.287 e. The van der Waals surface area contributed by atoms with E-state index in [0.717, 1.165) is 18.8 Å². The Morgan fingerprint density at radius 1 is 1.32 bits per heavy atom. The Hall–Kier alpha value is -2.35. The van der Waals surface area contributed by atoms with Crippen molar-refractivity contribution >= 4 is 5.91 Å². The third kappa shape index (κ3) is 4.39. The van der Waals surface area contributed by atoms with Crippen LogP contribution < -0.4 is 10.1 Å². The largest absolute Gasteiger partial charge is 0.472 e. The van der Waals surface area contributed by atoms with Crippen molar-refractivity contribution in [2.45, 2.75) is 39.2 Å². The molecule has 1 saturated heterocycles. The molecule has 25 heavy (non-hydrogen) atoms. The summed E-state index contributed by atoms with van der Waals surface area (Å²) >= 11 is 0. The van der Waals surface area contributed by atoms with Crippen molar-refractivity contribution in [3.05, 3.63) is 29.3 Å². The highest BCUT2D eigenvalue weighted by molar-refractivity contribution is 5.91. The van der Waals surface area contributed by atoms with Crippen molar-refractivity contribution in [2.75, 3.05) is 26.2 Å². The van der Waals surface area contributed by atoms with Crippen molar-refractivity contribution in [1.29, 1.82) is 0 Å². The number of ether oxygens (including phenoxy) is 1. The highest BCUT2D eigenvalue weighted by Gasteiger charge is 2.22. The number of hydrogen-bond donors (Lipinski definition) is 1. The molecule has 3 heterocycles. The van der Waals surface area contributed by atoms with E-state index < -0.39 is 0 Å². The first-order valence-corrected chi connectivity index (χ1v) is 8.69. The van der Waals surface area contributed by atoms with Gasteiger partial charge in [-0.2, -0.15) is 0 Å². The second kappa shape index (κ2) is 8.15. The molecule has 2 aromatic heterocycles. The van der Waals surface area contributed by atoms with Gasteiger partial charge >= 0.3 is 0 Å². The van der Waals surface area contributed by atoms with Crippen LogP contribution >= 0.6 is 0 Å². The lowest BCUT2D eigenvalue weighted by molar-refractivity contribution is 0.0909. The standard InChI is InChI=1S/C17H24N4O4/c1-12-17(20-25-19-12)23-11-8-18-16(22)15-7-6-14(24-15)13(2)21-9-4-3-5-10-21/h6-7,13H,3-5,8-11H2,1-2H3,(H,18,22)/t13-/m1/s1. The van der Waals surface area contributed by atoms with Gasteiger partial charge in [-0.1, -0.05) is 11.6 Å². The van der Waals surface area contributed by atoms with Gasteiger partial charge < -0.3 is 14.5 Å². The summed E-state index contributed by atoms with van der Waals surface area (Å²) in [5.74, 6) is 1.23. The third-order valence-electron chi connectivity index (χ3n) is 4.44. The number of nitrogens with zero attached hydrogens (tertiary/aromatic N) is 3. The van der Waals surface area contributed by atoms with Crippen LogP contribution in [0.25, 0.3) is 0 Å². The van der Waals surface area contributed by atoms with Crippen LogP contribution in [-0.2, 0) is 0 Å². The van der Waals surface area contributed by atoms with Gasteiger partial charge in [0, 0.05) is 0 Å². The minimum atomic E-state index is -0.254. The van der Waals surface area contributed by atoms with Gasteiger partial charge in [-0.15, -0.1) is 0 Å². The van der Waals surface area contributed by atoms with E-state index in [-0.39, 0.29) is 18.6 Å². The highest BCUT2D eigenvalue weighted by atomic mass is 16.6. The van der Waals surface area contributed by atoms with Gasteiger partial charge in [0.15, 0.2) is 5.76 Å². The van der Waals surface area contributed by atoms with E-state index in [0.29, 0.717) is 23.9 Å². The smallest absolute Gasteiger partial charge is 0.287 e. The number of rotatable bonds is 7. The van der Waals surface area contributed by atoms with Crippen LogP contribution in [0.4, 0.5) is 0 Å². The van der Waals surface area contributed by atoms with Crippen molar-refractivity contribution in [3.8, 4) is 5.88 Å². The molecule has 1 aliphatic rings. The number of nitrogens with one attached hydrogen (secondary N) is 1. The molecule has 3 rings (SSSR count). The SMILES string of the molecule is Cc1nonc1OCCNC(=O)c1ccc([C@@H](C)N2CCCCC2)o1. The first-order chi connectivity index (χ1) is 12.1. The molecule has 1 fully saturated rings. The molecular formula is C17H24N4O4. The molecule has 1 amide bonds. The van der Waals surface area contributed by atoms with Gasteiger partial charge in [0.05, 0.1) is 12.6 Å². The topological polar surface area (TPSA) is 93.6 Å². The highest BCUT2D eigenvalue weighted by Crippen LogP contribution is 2.25. The van der Waals surface area contributed by atoms with Crippen LogP contribution in [0.3, 0.4) is 0 Å². The predicted octanol–water partition coefficient (Wildman–Crippen LogP) is 2.33. The Balaban J connectivity index is 1.46. The maximum absolute atomic E-state index is 12.2. The lowest BCUT2D eigenvalue weighted by Gasteiger charge is -2.31. The summed E-state index contributed by atoms with van der Waals surface area (Å²) < 4.78 is 15.7. The summed E-state index contributed by atoms with van der Waals surface area (Å²) in [6.45, 7) is 6.63. The Morgan fingerprint density at radius 2 is 2.12 bits per heavy atom. The van der Waals surface area contributed by atoms with Crippen LogP contribution in [0.5, 0.6) is 5.88 Å². The fraction of sp³-hybridized carbons (Fsp3) is 0.588. The minimum Gasteiger partial charge on any atom is -0.472 e. The molecule has 8 nitrogen and oxygen atoms in total. The number of aryl methyl sites for hydroxylation is 1. The summed E-state index contributed by atoms with van der Waals surface area (Å²) in [6, 6.07) is 3.79. The zero-order valence-corrected chi connectivity index (χ0v) is 14.7. The first kappa shape index (κ1) is 17.5. The van der Waals surface area contributed by atoms with Crippen molar-refractivity contribution in [2.24, 2.45) is 0 Å². The first-order valence-electron chi connectivity index (χ1n) is 8.69. The molecule has 1 atom stereocenters. The lowest BCUT2D eigenvalue weighted by atomic mass is 10.1. The van der Waals surface area contributed by atoms with Crippen molar-refractivity contribution < 1.29 is 18.6 Å². The zero-order valence-electron chi connectivity index (χ0n) is 14.7. The molecule has 0 aromatic carbocycles. The quantitative estimate of drug-likeness (QED) is 0.767. The molecule has 0 bridgehead atoms. The summed E-state index contributed by atoms with van der Waals surface area (Å²) in [5.41, 5.74) is 0.578. The van der Waals surface area contributed by atoms with E-state index in [4.69, 9.17) is 9.15 Å². The van der Waals surface area contributed by atoms with E-state index in [2.05, 4.69) is 32.1 Å². The normalized spacial score (nSPS) is 16.6. The van der Waals surface area contributed by atoms with Crippen molar-refractivity contribution in [3.63, 3.8) is 0 Å². The second-order valence-corrected chi connectivity index (χ2v) is 6.23. The molecule has 0 aliphatic carbocycles. The summed E-state index contributed by atoms with van der Waals surface area (Å²) in [5, 5.41) is 9.99. The van der Waals surface area contributed by atoms with Gasteiger partial charge in [0.2, 0.25) is 0 Å². The molecule has 0 unspecified atom stereocenters. The average molecular weight is 348 g/mol. The van der Waals surface area contributed by atoms with E-state index in [1.165, 1.54) is 19.3 Å². The Bertz CT molecular complexity index is 690. The van der Waals surface area contributed by atoms with Gasteiger partial charge in [0.1, 0.15) is 18.1 Å². The Labute approximate surface area is 146 Å². The Kier molecular flexibility index (Phi) is 5.70. The van der Waals surface area contributed by atoms with Crippen molar-refractivity contribution in [1.82, 2.24) is 20.5 Å². The summed E-state index contributed by atoms with van der Waals surface area (Å²) in [4.78, 5) is 14.6. The number of carbonyl (C=O) groups is 1. The number of furan rings is 1.